The summed E-state index contributed by atoms with van der Waals surface area (Å²) in [5.41, 5.74) is 0. The molecule has 0 bridgehead atoms. The first-order valence-electron chi connectivity index (χ1n) is 8.29. The lowest BCUT2D eigenvalue weighted by Crippen LogP contribution is -2.30. The molecular weight excluding hydrogens is 284 g/mol. The Labute approximate surface area is 135 Å². The molecule has 0 rings (SSSR count). The van der Waals surface area contributed by atoms with Gasteiger partial charge >= 0.3 is 0 Å². The lowest BCUT2D eigenvalue weighted by molar-refractivity contribution is -0.122. The molecule has 6 nitrogen and oxygen atoms in total. The average Bonchev–Trinajstić information content (AvgIpc) is 2.44. The van der Waals surface area contributed by atoms with Gasteiger partial charge in [-0.25, -0.2) is 0 Å². The van der Waals surface area contributed by atoms with Crippen LogP contribution in [-0.4, -0.2) is 64.2 Å². The first-order chi connectivity index (χ1) is 10.5. The molecule has 0 aromatic carbocycles. The Morgan fingerprint density at radius 1 is 0.909 bits per heavy atom. The van der Waals surface area contributed by atoms with Crippen LogP contribution in [0.5, 0.6) is 0 Å². The van der Waals surface area contributed by atoms with Crippen molar-refractivity contribution < 1.29 is 19.0 Å². The third kappa shape index (κ3) is 17.4. The van der Waals surface area contributed by atoms with Gasteiger partial charge in [-0.1, -0.05) is 13.8 Å². The number of ether oxygens (including phenoxy) is 3. The number of carbonyl (C=O) groups excluding carboxylic acids is 1. The van der Waals surface area contributed by atoms with Crippen molar-refractivity contribution in [1.29, 1.82) is 0 Å². The van der Waals surface area contributed by atoms with E-state index in [1.54, 1.807) is 0 Å². The van der Waals surface area contributed by atoms with E-state index in [9.17, 15) is 4.79 Å². The van der Waals surface area contributed by atoms with Crippen LogP contribution in [0.25, 0.3) is 0 Å². The molecule has 0 atom stereocenters. The normalized spacial score (nSPS) is 11.4. The Hall–Kier alpha value is -0.690. The largest absolute Gasteiger partial charge is 0.379 e. The van der Waals surface area contributed by atoms with Gasteiger partial charge in [0.1, 0.15) is 0 Å². The van der Waals surface area contributed by atoms with Crippen molar-refractivity contribution in [3.05, 3.63) is 0 Å². The highest BCUT2D eigenvalue weighted by molar-refractivity contribution is 5.75. The summed E-state index contributed by atoms with van der Waals surface area (Å²) < 4.78 is 16.0. The van der Waals surface area contributed by atoms with Gasteiger partial charge in [0.15, 0.2) is 0 Å². The van der Waals surface area contributed by atoms with E-state index in [1.807, 2.05) is 13.8 Å². The van der Waals surface area contributed by atoms with E-state index < -0.39 is 0 Å². The molecule has 0 heterocycles. The first-order valence-corrected chi connectivity index (χ1v) is 8.29. The minimum atomic E-state index is 0.0378. The summed E-state index contributed by atoms with van der Waals surface area (Å²) in [5.74, 6) is 0.0378. The van der Waals surface area contributed by atoms with Crippen LogP contribution in [0.3, 0.4) is 0 Å². The first kappa shape index (κ1) is 21.3. The Balaban J connectivity index is 3.18. The van der Waals surface area contributed by atoms with E-state index in [4.69, 9.17) is 14.2 Å². The molecule has 0 saturated carbocycles. The SMILES string of the molecule is CC(C)NCCCNC(=O)CCOCCOCCOC(C)C. The Bertz CT molecular complexity index is 261. The third-order valence-electron chi connectivity index (χ3n) is 2.75. The number of rotatable bonds is 15. The van der Waals surface area contributed by atoms with Crippen LogP contribution in [0.15, 0.2) is 0 Å². The number of hydrogen-bond acceptors (Lipinski definition) is 5. The maximum Gasteiger partial charge on any atom is 0.222 e. The third-order valence-corrected chi connectivity index (χ3v) is 2.75. The zero-order valence-corrected chi connectivity index (χ0v) is 14.7. The van der Waals surface area contributed by atoms with Gasteiger partial charge < -0.3 is 24.8 Å². The standard InChI is InChI=1S/C16H34N2O4/c1-14(2)17-7-5-8-18-16(19)6-9-20-10-11-21-12-13-22-15(3)4/h14-15,17H,5-13H2,1-4H3,(H,18,19). The molecule has 0 radical (unpaired) electrons. The number of hydrogen-bond donors (Lipinski definition) is 2. The van der Waals surface area contributed by atoms with Gasteiger partial charge in [-0.2, -0.15) is 0 Å². The van der Waals surface area contributed by atoms with Crippen molar-refractivity contribution in [2.45, 2.75) is 52.7 Å². The Morgan fingerprint density at radius 3 is 2.18 bits per heavy atom. The molecule has 0 unspecified atom stereocenters. The van der Waals surface area contributed by atoms with E-state index >= 15 is 0 Å². The van der Waals surface area contributed by atoms with Crippen molar-refractivity contribution >= 4 is 5.91 Å². The lowest BCUT2D eigenvalue weighted by atomic mass is 10.3. The van der Waals surface area contributed by atoms with Crippen molar-refractivity contribution in [2.75, 3.05) is 46.1 Å². The van der Waals surface area contributed by atoms with Crippen molar-refractivity contribution in [3.8, 4) is 0 Å². The van der Waals surface area contributed by atoms with E-state index in [0.717, 1.165) is 13.0 Å². The summed E-state index contributed by atoms with van der Waals surface area (Å²) in [7, 11) is 0. The summed E-state index contributed by atoms with van der Waals surface area (Å²) >= 11 is 0. The maximum absolute atomic E-state index is 11.5. The second-order valence-corrected chi connectivity index (χ2v) is 5.71. The zero-order chi connectivity index (χ0) is 16.6. The fourth-order valence-corrected chi connectivity index (χ4v) is 1.62. The molecule has 0 aliphatic carbocycles. The van der Waals surface area contributed by atoms with Crippen LogP contribution in [0, 0.1) is 0 Å². The molecule has 0 fully saturated rings. The summed E-state index contributed by atoms with van der Waals surface area (Å²) in [4.78, 5) is 11.5. The lowest BCUT2D eigenvalue weighted by Gasteiger charge is -2.09. The quantitative estimate of drug-likeness (QED) is 0.446. The second-order valence-electron chi connectivity index (χ2n) is 5.71. The number of nitrogens with one attached hydrogen (secondary N) is 2. The molecule has 0 spiro atoms. The second kappa shape index (κ2) is 15.2. The minimum absolute atomic E-state index is 0.0378. The van der Waals surface area contributed by atoms with Gasteiger partial charge in [0, 0.05) is 19.0 Å². The van der Waals surface area contributed by atoms with Gasteiger partial charge in [0.2, 0.25) is 5.91 Å². The molecule has 0 aliphatic heterocycles. The predicted octanol–water partition coefficient (Wildman–Crippen LogP) is 1.34. The van der Waals surface area contributed by atoms with E-state index in [1.165, 1.54) is 0 Å². The topological polar surface area (TPSA) is 68.8 Å². The zero-order valence-electron chi connectivity index (χ0n) is 14.7. The molecule has 22 heavy (non-hydrogen) atoms. The average molecular weight is 318 g/mol. The summed E-state index contributed by atoms with van der Waals surface area (Å²) in [6.07, 6.45) is 1.57. The van der Waals surface area contributed by atoms with Crippen molar-refractivity contribution in [2.24, 2.45) is 0 Å². The van der Waals surface area contributed by atoms with Crippen LogP contribution in [0.2, 0.25) is 0 Å². The fraction of sp³-hybridized carbons (Fsp3) is 0.938. The molecule has 132 valence electrons. The Kier molecular flexibility index (Phi) is 14.7. The monoisotopic (exact) mass is 318 g/mol. The summed E-state index contributed by atoms with van der Waals surface area (Å²) in [5, 5.41) is 6.19. The van der Waals surface area contributed by atoms with Gasteiger partial charge in [0.25, 0.3) is 0 Å². The smallest absolute Gasteiger partial charge is 0.222 e. The molecule has 0 aromatic heterocycles. The number of carbonyl (C=O) groups is 1. The highest BCUT2D eigenvalue weighted by Gasteiger charge is 2.01. The van der Waals surface area contributed by atoms with Gasteiger partial charge in [-0.3, -0.25) is 4.79 Å². The molecule has 0 saturated heterocycles. The fourth-order valence-electron chi connectivity index (χ4n) is 1.62. The van der Waals surface area contributed by atoms with Gasteiger partial charge in [-0.15, -0.1) is 0 Å². The van der Waals surface area contributed by atoms with Crippen LogP contribution in [-0.2, 0) is 19.0 Å². The molecule has 1 amide bonds. The van der Waals surface area contributed by atoms with Crippen LogP contribution in [0.1, 0.15) is 40.5 Å². The Morgan fingerprint density at radius 2 is 1.55 bits per heavy atom. The van der Waals surface area contributed by atoms with Crippen LogP contribution in [0.4, 0.5) is 0 Å². The molecule has 0 aliphatic rings. The summed E-state index contributed by atoms with van der Waals surface area (Å²) in [6.45, 7) is 12.5. The molecule has 0 aromatic rings. The highest BCUT2D eigenvalue weighted by atomic mass is 16.5. The molecule has 2 N–H and O–H groups in total. The van der Waals surface area contributed by atoms with Crippen molar-refractivity contribution in [3.63, 3.8) is 0 Å². The van der Waals surface area contributed by atoms with Crippen molar-refractivity contribution in [1.82, 2.24) is 10.6 Å². The summed E-state index contributed by atoms with van der Waals surface area (Å²) in [6, 6.07) is 0.489. The van der Waals surface area contributed by atoms with Gasteiger partial charge in [-0.05, 0) is 26.8 Å². The maximum atomic E-state index is 11.5. The van der Waals surface area contributed by atoms with E-state index in [2.05, 4.69) is 24.5 Å². The highest BCUT2D eigenvalue weighted by Crippen LogP contribution is 1.89. The van der Waals surface area contributed by atoms with Crippen LogP contribution < -0.4 is 10.6 Å². The number of amides is 1. The molecule has 6 heteroatoms. The molecular formula is C16H34N2O4. The van der Waals surface area contributed by atoms with Crippen LogP contribution >= 0.6 is 0 Å². The van der Waals surface area contributed by atoms with Gasteiger partial charge in [0.05, 0.1) is 39.1 Å². The van der Waals surface area contributed by atoms with E-state index in [-0.39, 0.29) is 12.0 Å². The minimum Gasteiger partial charge on any atom is -0.379 e. The van der Waals surface area contributed by atoms with E-state index in [0.29, 0.717) is 52.0 Å². The predicted molar refractivity (Wildman–Crippen MR) is 88.1 cm³/mol.